The van der Waals surface area contributed by atoms with Gasteiger partial charge >= 0.3 is 0 Å². The molecular weight excluding hydrogens is 382 g/mol. The van der Waals surface area contributed by atoms with Crippen LogP contribution in [-0.2, 0) is 11.3 Å². The Bertz CT molecular complexity index is 1020. The lowest BCUT2D eigenvalue weighted by molar-refractivity contribution is -0.121. The van der Waals surface area contributed by atoms with E-state index in [0.717, 1.165) is 11.3 Å². The maximum Gasteiger partial charge on any atom is 0.260 e. The van der Waals surface area contributed by atoms with Crippen molar-refractivity contribution in [2.45, 2.75) is 23.9 Å². The van der Waals surface area contributed by atoms with E-state index in [1.54, 1.807) is 35.0 Å². The van der Waals surface area contributed by atoms with Gasteiger partial charge in [-0.2, -0.15) is 0 Å². The molecule has 5 nitrogen and oxygen atoms in total. The number of pyridine rings is 1. The number of fused-ring (bicyclic) bond motifs is 1. The molecule has 0 spiro atoms. The highest BCUT2D eigenvalue weighted by molar-refractivity contribution is 7.98. The Morgan fingerprint density at radius 3 is 2.55 bits per heavy atom. The van der Waals surface area contributed by atoms with E-state index in [0.29, 0.717) is 17.8 Å². The van der Waals surface area contributed by atoms with Crippen LogP contribution in [0.1, 0.15) is 34.1 Å². The molecule has 0 radical (unpaired) electrons. The Morgan fingerprint density at radius 1 is 1.07 bits per heavy atom. The zero-order chi connectivity index (χ0) is 20.2. The number of rotatable bonds is 6. The molecule has 6 heteroatoms. The van der Waals surface area contributed by atoms with Gasteiger partial charge < -0.3 is 5.32 Å². The molecule has 2 amide bonds. The molecule has 2 heterocycles. The number of benzene rings is 2. The predicted molar refractivity (Wildman–Crippen MR) is 115 cm³/mol. The number of anilines is 1. The molecule has 0 aliphatic carbocycles. The van der Waals surface area contributed by atoms with E-state index >= 15 is 0 Å². The van der Waals surface area contributed by atoms with Crippen molar-refractivity contribution in [3.63, 3.8) is 0 Å². The number of hydrogen-bond donors (Lipinski definition) is 1. The van der Waals surface area contributed by atoms with Crippen LogP contribution in [0.4, 0.5) is 5.69 Å². The number of nitrogens with zero attached hydrogens (tertiary/aromatic N) is 2. The van der Waals surface area contributed by atoms with Crippen molar-refractivity contribution in [3.05, 3.63) is 89.7 Å². The maximum atomic E-state index is 13.0. The zero-order valence-corrected chi connectivity index (χ0v) is 16.9. The number of hydrogen-bond acceptors (Lipinski definition) is 4. The second kappa shape index (κ2) is 8.49. The van der Waals surface area contributed by atoms with Gasteiger partial charge in [-0.05, 0) is 48.2 Å². The molecule has 3 aromatic rings. The Hall–Kier alpha value is -3.12. The number of para-hydroxylation sites is 1. The lowest BCUT2D eigenvalue weighted by Crippen LogP contribution is -2.32. The second-order valence-corrected chi connectivity index (χ2v) is 7.67. The average Bonchev–Trinajstić information content (AvgIpc) is 3.05. The molecule has 1 aliphatic rings. The maximum absolute atomic E-state index is 13.0. The van der Waals surface area contributed by atoms with Crippen molar-refractivity contribution in [2.75, 3.05) is 11.2 Å². The lowest BCUT2D eigenvalue weighted by atomic mass is 10.1. The van der Waals surface area contributed by atoms with Crippen molar-refractivity contribution >= 4 is 29.3 Å². The smallest absolute Gasteiger partial charge is 0.260 e. The van der Waals surface area contributed by atoms with E-state index < -0.39 is 6.04 Å². The van der Waals surface area contributed by atoms with Crippen molar-refractivity contribution in [1.29, 1.82) is 0 Å². The fourth-order valence-electron chi connectivity index (χ4n) is 3.52. The Morgan fingerprint density at radius 2 is 1.83 bits per heavy atom. The van der Waals surface area contributed by atoms with Crippen LogP contribution in [0.2, 0.25) is 0 Å². The first-order chi connectivity index (χ1) is 14.2. The highest BCUT2D eigenvalue weighted by Gasteiger charge is 2.39. The van der Waals surface area contributed by atoms with E-state index in [1.165, 1.54) is 4.90 Å². The Labute approximate surface area is 174 Å². The summed E-state index contributed by atoms with van der Waals surface area (Å²) in [5, 5.41) is 2.97. The molecule has 1 aromatic heterocycles. The van der Waals surface area contributed by atoms with Gasteiger partial charge in [-0.15, -0.1) is 11.8 Å². The summed E-state index contributed by atoms with van der Waals surface area (Å²) >= 11 is 1.68. The molecule has 1 N–H and O–H groups in total. The summed E-state index contributed by atoms with van der Waals surface area (Å²) in [6.45, 7) is 0.453. The van der Waals surface area contributed by atoms with Gasteiger partial charge in [-0.3, -0.25) is 19.5 Å². The number of carbonyl (C=O) groups is 2. The molecule has 29 heavy (non-hydrogen) atoms. The van der Waals surface area contributed by atoms with Crippen LogP contribution in [0.25, 0.3) is 0 Å². The molecule has 1 aliphatic heterocycles. The van der Waals surface area contributed by atoms with Crippen LogP contribution in [0.15, 0.2) is 77.8 Å². The van der Waals surface area contributed by atoms with Gasteiger partial charge in [0.05, 0.1) is 23.7 Å². The number of thioether (sulfide) groups is 1. The summed E-state index contributed by atoms with van der Waals surface area (Å²) in [7, 11) is 0. The van der Waals surface area contributed by atoms with Gasteiger partial charge in [0, 0.05) is 23.3 Å². The summed E-state index contributed by atoms with van der Waals surface area (Å²) in [5.74, 6) is -0.235. The van der Waals surface area contributed by atoms with Crippen molar-refractivity contribution in [3.8, 4) is 0 Å². The summed E-state index contributed by atoms with van der Waals surface area (Å²) < 4.78 is 0. The normalized spacial score (nSPS) is 15.3. The molecule has 0 saturated heterocycles. The van der Waals surface area contributed by atoms with Gasteiger partial charge in [-0.25, -0.2) is 0 Å². The van der Waals surface area contributed by atoms with Crippen molar-refractivity contribution < 1.29 is 9.59 Å². The van der Waals surface area contributed by atoms with E-state index in [-0.39, 0.29) is 18.2 Å². The first kappa shape index (κ1) is 19.2. The van der Waals surface area contributed by atoms with Crippen LogP contribution in [0.3, 0.4) is 0 Å². The molecule has 0 bridgehead atoms. The average molecular weight is 404 g/mol. The SMILES string of the molecule is CSc1ccc(CNC(=O)C[C@H]2c3ncccc3C(=O)N2c2ccccc2)cc1. The van der Waals surface area contributed by atoms with Crippen LogP contribution in [0, 0.1) is 0 Å². The van der Waals surface area contributed by atoms with Gasteiger partial charge in [-0.1, -0.05) is 30.3 Å². The minimum absolute atomic E-state index is 0.115. The zero-order valence-electron chi connectivity index (χ0n) is 16.0. The number of nitrogens with one attached hydrogen (secondary N) is 1. The van der Waals surface area contributed by atoms with Crippen molar-refractivity contribution in [1.82, 2.24) is 10.3 Å². The molecular formula is C23H21N3O2S. The fourth-order valence-corrected chi connectivity index (χ4v) is 3.93. The second-order valence-electron chi connectivity index (χ2n) is 6.79. The van der Waals surface area contributed by atoms with E-state index in [4.69, 9.17) is 0 Å². The first-order valence-electron chi connectivity index (χ1n) is 9.40. The van der Waals surface area contributed by atoms with Gasteiger partial charge in [0.1, 0.15) is 0 Å². The monoisotopic (exact) mass is 403 g/mol. The first-order valence-corrected chi connectivity index (χ1v) is 10.6. The van der Waals surface area contributed by atoms with Gasteiger partial charge in [0.15, 0.2) is 0 Å². The quantitative estimate of drug-likeness (QED) is 0.626. The van der Waals surface area contributed by atoms with Crippen LogP contribution >= 0.6 is 11.8 Å². The standard InChI is InChI=1S/C23H21N3O2S/c1-29-18-11-9-16(10-12-18)15-25-21(27)14-20-22-19(8-5-13-24-22)23(28)26(20)17-6-3-2-4-7-17/h2-13,20H,14-15H2,1H3,(H,25,27)/t20-/m0/s1. The highest BCUT2D eigenvalue weighted by atomic mass is 32.2. The van der Waals surface area contributed by atoms with E-state index in [1.807, 2.05) is 60.9 Å². The Kier molecular flexibility index (Phi) is 5.62. The third-order valence-electron chi connectivity index (χ3n) is 4.98. The molecule has 1 atom stereocenters. The summed E-state index contributed by atoms with van der Waals surface area (Å²) in [6.07, 6.45) is 3.86. The third kappa shape index (κ3) is 4.03. The van der Waals surface area contributed by atoms with Gasteiger partial charge in [0.25, 0.3) is 5.91 Å². The Balaban J connectivity index is 1.51. The molecule has 146 valence electrons. The summed E-state index contributed by atoms with van der Waals surface area (Å²) in [5.41, 5.74) is 3.01. The van der Waals surface area contributed by atoms with Gasteiger partial charge in [0.2, 0.25) is 5.91 Å². The number of amides is 2. The molecule has 0 unspecified atom stereocenters. The molecule has 0 fully saturated rings. The minimum Gasteiger partial charge on any atom is -0.352 e. The third-order valence-corrected chi connectivity index (χ3v) is 5.72. The molecule has 0 saturated carbocycles. The fraction of sp³-hybridized carbons (Fsp3) is 0.174. The topological polar surface area (TPSA) is 62.3 Å². The van der Waals surface area contributed by atoms with Crippen LogP contribution < -0.4 is 10.2 Å². The largest absolute Gasteiger partial charge is 0.352 e. The number of carbonyl (C=O) groups excluding carboxylic acids is 2. The van der Waals surface area contributed by atoms with Crippen LogP contribution in [-0.4, -0.2) is 23.1 Å². The van der Waals surface area contributed by atoms with Crippen molar-refractivity contribution in [2.24, 2.45) is 0 Å². The molecule has 2 aromatic carbocycles. The molecule has 4 rings (SSSR count). The highest BCUT2D eigenvalue weighted by Crippen LogP contribution is 2.38. The van der Waals surface area contributed by atoms with E-state index in [9.17, 15) is 9.59 Å². The summed E-state index contributed by atoms with van der Waals surface area (Å²) in [6, 6.07) is 20.6. The number of aromatic nitrogens is 1. The minimum atomic E-state index is -0.417. The van der Waals surface area contributed by atoms with Crippen LogP contribution in [0.5, 0.6) is 0 Å². The predicted octanol–water partition coefficient (Wildman–Crippen LogP) is 4.21. The summed E-state index contributed by atoms with van der Waals surface area (Å²) in [4.78, 5) is 33.0. The van der Waals surface area contributed by atoms with E-state index in [2.05, 4.69) is 10.3 Å². The lowest BCUT2D eigenvalue weighted by Gasteiger charge is -2.24.